The highest BCUT2D eigenvalue weighted by molar-refractivity contribution is 7.80. The number of hydrogen-bond donors (Lipinski definition) is 0. The molecule has 0 saturated carbocycles. The van der Waals surface area contributed by atoms with Gasteiger partial charge in [0.05, 0.1) is 4.99 Å². The fourth-order valence-corrected chi connectivity index (χ4v) is 1.84. The Kier molecular flexibility index (Phi) is 8.41. The molecule has 0 heterocycles. The first-order valence-corrected chi connectivity index (χ1v) is 5.94. The predicted molar refractivity (Wildman–Crippen MR) is 64.3 cm³/mol. The Labute approximate surface area is 88.5 Å². The van der Waals surface area contributed by atoms with Gasteiger partial charge in [0.15, 0.2) is 0 Å². The van der Waals surface area contributed by atoms with Crippen molar-refractivity contribution in [3.05, 3.63) is 0 Å². The molecule has 0 atom stereocenters. The van der Waals surface area contributed by atoms with E-state index in [1.54, 1.807) is 0 Å². The van der Waals surface area contributed by atoms with Crippen LogP contribution in [0.25, 0.3) is 0 Å². The third-order valence-corrected chi connectivity index (χ3v) is 2.82. The van der Waals surface area contributed by atoms with E-state index in [1.807, 2.05) is 0 Å². The Balaban J connectivity index is 3.48. The number of unbranched alkanes of at least 4 members (excludes halogenated alkanes) is 3. The summed E-state index contributed by atoms with van der Waals surface area (Å²) in [6, 6.07) is 0. The molecule has 0 aromatic heterocycles. The van der Waals surface area contributed by atoms with Gasteiger partial charge < -0.3 is 4.90 Å². The second-order valence-corrected chi connectivity index (χ2v) is 3.85. The lowest BCUT2D eigenvalue weighted by molar-refractivity contribution is 0.460. The molecule has 0 saturated heterocycles. The zero-order valence-electron chi connectivity index (χ0n) is 9.31. The van der Waals surface area contributed by atoms with Crippen LogP contribution in [0.1, 0.15) is 52.9 Å². The number of nitrogens with zero attached hydrogens (tertiary/aromatic N) is 1. The SMILES string of the molecule is CCCCCCC(=S)N(CC)CC. The molecule has 0 aromatic carbocycles. The van der Waals surface area contributed by atoms with Gasteiger partial charge in [-0.1, -0.05) is 38.4 Å². The molecule has 78 valence electrons. The topological polar surface area (TPSA) is 3.24 Å². The van der Waals surface area contributed by atoms with Crippen LogP contribution in [0.15, 0.2) is 0 Å². The van der Waals surface area contributed by atoms with Gasteiger partial charge in [-0.2, -0.15) is 0 Å². The van der Waals surface area contributed by atoms with E-state index in [4.69, 9.17) is 12.2 Å². The Morgan fingerprint density at radius 2 is 1.62 bits per heavy atom. The maximum Gasteiger partial charge on any atom is 0.0779 e. The lowest BCUT2D eigenvalue weighted by atomic mass is 10.1. The van der Waals surface area contributed by atoms with Gasteiger partial charge in [-0.15, -0.1) is 0 Å². The molecule has 0 aliphatic heterocycles. The Bertz CT molecular complexity index is 130. The van der Waals surface area contributed by atoms with E-state index < -0.39 is 0 Å². The normalized spacial score (nSPS) is 10.1. The highest BCUT2D eigenvalue weighted by atomic mass is 32.1. The van der Waals surface area contributed by atoms with E-state index in [2.05, 4.69) is 25.7 Å². The summed E-state index contributed by atoms with van der Waals surface area (Å²) in [4.78, 5) is 3.43. The van der Waals surface area contributed by atoms with E-state index in [0.717, 1.165) is 24.5 Å². The summed E-state index contributed by atoms with van der Waals surface area (Å²) >= 11 is 5.35. The molecule has 0 unspecified atom stereocenters. The molecular weight excluding hydrogens is 178 g/mol. The van der Waals surface area contributed by atoms with E-state index in [-0.39, 0.29) is 0 Å². The Hall–Kier alpha value is -0.110. The van der Waals surface area contributed by atoms with Crippen LogP contribution in [0.5, 0.6) is 0 Å². The lowest BCUT2D eigenvalue weighted by Crippen LogP contribution is -2.28. The van der Waals surface area contributed by atoms with Crippen LogP contribution in [0.4, 0.5) is 0 Å². The molecule has 2 heteroatoms. The fraction of sp³-hybridized carbons (Fsp3) is 0.909. The average molecular weight is 201 g/mol. The van der Waals surface area contributed by atoms with E-state index in [9.17, 15) is 0 Å². The van der Waals surface area contributed by atoms with Gasteiger partial charge in [0, 0.05) is 13.1 Å². The number of rotatable bonds is 7. The maximum atomic E-state index is 5.35. The van der Waals surface area contributed by atoms with Gasteiger partial charge in [-0.25, -0.2) is 0 Å². The molecule has 0 N–H and O–H groups in total. The highest BCUT2D eigenvalue weighted by Crippen LogP contribution is 2.06. The van der Waals surface area contributed by atoms with Crippen molar-refractivity contribution in [2.75, 3.05) is 13.1 Å². The Morgan fingerprint density at radius 1 is 1.00 bits per heavy atom. The molecule has 0 radical (unpaired) electrons. The second-order valence-electron chi connectivity index (χ2n) is 3.38. The second kappa shape index (κ2) is 8.49. The monoisotopic (exact) mass is 201 g/mol. The van der Waals surface area contributed by atoms with E-state index in [0.29, 0.717) is 0 Å². The van der Waals surface area contributed by atoms with Crippen molar-refractivity contribution in [3.8, 4) is 0 Å². The van der Waals surface area contributed by atoms with Crippen LogP contribution < -0.4 is 0 Å². The molecule has 0 aromatic rings. The van der Waals surface area contributed by atoms with E-state index in [1.165, 1.54) is 25.7 Å². The maximum absolute atomic E-state index is 5.35. The largest absolute Gasteiger partial charge is 0.367 e. The molecule has 0 bridgehead atoms. The van der Waals surface area contributed by atoms with Gasteiger partial charge in [0.1, 0.15) is 0 Å². The first-order valence-electron chi connectivity index (χ1n) is 5.54. The zero-order valence-corrected chi connectivity index (χ0v) is 10.1. The smallest absolute Gasteiger partial charge is 0.0779 e. The van der Waals surface area contributed by atoms with Crippen LogP contribution in [0.3, 0.4) is 0 Å². The lowest BCUT2D eigenvalue weighted by Gasteiger charge is -2.21. The van der Waals surface area contributed by atoms with Gasteiger partial charge >= 0.3 is 0 Å². The molecule has 1 nitrogen and oxygen atoms in total. The summed E-state index contributed by atoms with van der Waals surface area (Å²) in [5.41, 5.74) is 0. The van der Waals surface area contributed by atoms with Gasteiger partial charge in [-0.3, -0.25) is 0 Å². The molecule has 0 amide bonds. The third kappa shape index (κ3) is 6.03. The summed E-state index contributed by atoms with van der Waals surface area (Å²) in [5, 5.41) is 0. The molecule has 13 heavy (non-hydrogen) atoms. The summed E-state index contributed by atoms with van der Waals surface area (Å²) in [5.74, 6) is 0. The van der Waals surface area contributed by atoms with Gasteiger partial charge in [-0.05, 0) is 26.7 Å². The molecule has 0 aliphatic rings. The number of hydrogen-bond acceptors (Lipinski definition) is 1. The van der Waals surface area contributed by atoms with Gasteiger partial charge in [0.25, 0.3) is 0 Å². The number of thiocarbonyl (C=S) groups is 1. The van der Waals surface area contributed by atoms with Crippen molar-refractivity contribution in [1.29, 1.82) is 0 Å². The Morgan fingerprint density at radius 3 is 2.08 bits per heavy atom. The first-order chi connectivity index (χ1) is 6.26. The van der Waals surface area contributed by atoms with Crippen LogP contribution >= 0.6 is 12.2 Å². The van der Waals surface area contributed by atoms with Crippen LogP contribution in [-0.4, -0.2) is 23.0 Å². The van der Waals surface area contributed by atoms with Crippen molar-refractivity contribution in [3.63, 3.8) is 0 Å². The quantitative estimate of drug-likeness (QED) is 0.457. The zero-order chi connectivity index (χ0) is 10.1. The summed E-state index contributed by atoms with van der Waals surface area (Å²) in [6.07, 6.45) is 6.36. The standard InChI is InChI=1S/C11H23NS/c1-4-7-8-9-10-11(13)12(5-2)6-3/h4-10H2,1-3H3. The molecule has 0 fully saturated rings. The molecule has 0 aliphatic carbocycles. The van der Waals surface area contributed by atoms with Crippen molar-refractivity contribution in [2.45, 2.75) is 52.9 Å². The van der Waals surface area contributed by atoms with E-state index >= 15 is 0 Å². The van der Waals surface area contributed by atoms with Crippen molar-refractivity contribution >= 4 is 17.2 Å². The van der Waals surface area contributed by atoms with Gasteiger partial charge in [0.2, 0.25) is 0 Å². The third-order valence-electron chi connectivity index (χ3n) is 2.36. The fourth-order valence-electron chi connectivity index (χ4n) is 1.44. The summed E-state index contributed by atoms with van der Waals surface area (Å²) in [7, 11) is 0. The molecule has 0 spiro atoms. The van der Waals surface area contributed by atoms with Crippen molar-refractivity contribution in [2.24, 2.45) is 0 Å². The average Bonchev–Trinajstić information content (AvgIpc) is 2.14. The van der Waals surface area contributed by atoms with Crippen molar-refractivity contribution < 1.29 is 0 Å². The molecular formula is C11H23NS. The predicted octanol–water partition coefficient (Wildman–Crippen LogP) is 3.63. The van der Waals surface area contributed by atoms with Crippen LogP contribution in [0.2, 0.25) is 0 Å². The minimum Gasteiger partial charge on any atom is -0.367 e. The summed E-state index contributed by atoms with van der Waals surface area (Å²) < 4.78 is 0. The molecule has 0 rings (SSSR count). The van der Waals surface area contributed by atoms with Crippen LogP contribution in [0, 0.1) is 0 Å². The first kappa shape index (κ1) is 12.9. The van der Waals surface area contributed by atoms with Crippen LogP contribution in [-0.2, 0) is 0 Å². The highest BCUT2D eigenvalue weighted by Gasteiger charge is 2.03. The van der Waals surface area contributed by atoms with Crippen molar-refractivity contribution in [1.82, 2.24) is 4.90 Å². The minimum absolute atomic E-state index is 1.06. The minimum atomic E-state index is 1.06. The summed E-state index contributed by atoms with van der Waals surface area (Å²) in [6.45, 7) is 8.69.